The first-order valence-corrected chi connectivity index (χ1v) is 9.59. The van der Waals surface area contributed by atoms with Crippen molar-refractivity contribution in [2.45, 2.75) is 38.6 Å². The predicted octanol–water partition coefficient (Wildman–Crippen LogP) is 0.670. The molecule has 3 rings (SSSR count). The number of nitrogens with zero attached hydrogens (tertiary/aromatic N) is 4. The summed E-state index contributed by atoms with van der Waals surface area (Å²) in [6, 6.07) is 0. The van der Waals surface area contributed by atoms with Gasteiger partial charge in [-0.1, -0.05) is 5.16 Å². The van der Waals surface area contributed by atoms with Crippen molar-refractivity contribution in [1.29, 1.82) is 0 Å². The van der Waals surface area contributed by atoms with Crippen molar-refractivity contribution in [3.05, 3.63) is 11.7 Å². The number of ether oxygens (including phenoxy) is 1. The van der Waals surface area contributed by atoms with E-state index in [1.807, 2.05) is 4.90 Å². The van der Waals surface area contributed by atoms with Crippen LogP contribution in [0.2, 0.25) is 0 Å². The standard InChI is InChI=1S/C18H29N5O4/c1-19-17(25)16-20-14(27-21-16)12-22-9-6-18(7-10-22)5-4-15(24)23(13-18)8-3-11-26-2/h3-13H2,1-2H3,(H,19,25). The molecule has 1 aromatic heterocycles. The zero-order chi connectivity index (χ0) is 19.3. The van der Waals surface area contributed by atoms with Gasteiger partial charge in [0.05, 0.1) is 6.54 Å². The van der Waals surface area contributed by atoms with Crippen LogP contribution in [0.3, 0.4) is 0 Å². The number of rotatable bonds is 7. The van der Waals surface area contributed by atoms with Crippen molar-refractivity contribution in [1.82, 2.24) is 25.3 Å². The zero-order valence-corrected chi connectivity index (χ0v) is 16.2. The van der Waals surface area contributed by atoms with Gasteiger partial charge < -0.3 is 19.5 Å². The molecule has 1 aromatic rings. The number of nitrogens with one attached hydrogen (secondary N) is 1. The highest BCUT2D eigenvalue weighted by Gasteiger charge is 2.40. The van der Waals surface area contributed by atoms with E-state index >= 15 is 0 Å². The number of amides is 2. The monoisotopic (exact) mass is 379 g/mol. The van der Waals surface area contributed by atoms with Crippen molar-refractivity contribution >= 4 is 11.8 Å². The Morgan fingerprint density at radius 3 is 2.81 bits per heavy atom. The average Bonchev–Trinajstić information content (AvgIpc) is 3.15. The lowest BCUT2D eigenvalue weighted by molar-refractivity contribution is -0.139. The molecule has 0 aliphatic carbocycles. The normalized spacial score (nSPS) is 20.2. The first-order chi connectivity index (χ1) is 13.0. The molecule has 2 amide bonds. The molecular formula is C18H29N5O4. The molecule has 2 aliphatic rings. The van der Waals surface area contributed by atoms with E-state index in [2.05, 4.69) is 20.4 Å². The second-order valence-electron chi connectivity index (χ2n) is 7.53. The largest absolute Gasteiger partial charge is 0.385 e. The van der Waals surface area contributed by atoms with Crippen LogP contribution >= 0.6 is 0 Å². The number of carbonyl (C=O) groups is 2. The molecule has 0 unspecified atom stereocenters. The third-order valence-corrected chi connectivity index (χ3v) is 5.70. The summed E-state index contributed by atoms with van der Waals surface area (Å²) in [6.45, 7) is 4.73. The van der Waals surface area contributed by atoms with Crippen LogP contribution in [0, 0.1) is 5.41 Å². The van der Waals surface area contributed by atoms with Gasteiger partial charge in [-0.15, -0.1) is 0 Å². The number of likely N-dealkylation sites (tertiary alicyclic amines) is 2. The number of hydrogen-bond acceptors (Lipinski definition) is 7. The number of carbonyl (C=O) groups excluding carboxylic acids is 2. The third kappa shape index (κ3) is 4.84. The molecular weight excluding hydrogens is 350 g/mol. The Morgan fingerprint density at radius 1 is 1.33 bits per heavy atom. The maximum Gasteiger partial charge on any atom is 0.292 e. The van der Waals surface area contributed by atoms with Crippen molar-refractivity contribution in [3.63, 3.8) is 0 Å². The number of hydrogen-bond donors (Lipinski definition) is 1. The Labute approximate surface area is 159 Å². The van der Waals surface area contributed by atoms with Gasteiger partial charge in [-0.3, -0.25) is 14.5 Å². The first-order valence-electron chi connectivity index (χ1n) is 9.59. The van der Waals surface area contributed by atoms with Gasteiger partial charge in [0.2, 0.25) is 11.8 Å². The van der Waals surface area contributed by atoms with Crippen LogP contribution in [-0.2, 0) is 16.1 Å². The van der Waals surface area contributed by atoms with Crippen LogP contribution in [-0.4, -0.2) is 78.7 Å². The van der Waals surface area contributed by atoms with Gasteiger partial charge in [0.15, 0.2) is 0 Å². The first kappa shape index (κ1) is 19.8. The molecule has 9 nitrogen and oxygen atoms in total. The van der Waals surface area contributed by atoms with E-state index in [1.54, 1.807) is 7.11 Å². The lowest BCUT2D eigenvalue weighted by Crippen LogP contribution is -2.51. The smallest absolute Gasteiger partial charge is 0.292 e. The third-order valence-electron chi connectivity index (χ3n) is 5.70. The van der Waals surface area contributed by atoms with Crippen LogP contribution < -0.4 is 5.32 Å². The van der Waals surface area contributed by atoms with Gasteiger partial charge >= 0.3 is 0 Å². The van der Waals surface area contributed by atoms with E-state index in [1.165, 1.54) is 7.05 Å². The summed E-state index contributed by atoms with van der Waals surface area (Å²) in [4.78, 5) is 32.2. The maximum atomic E-state index is 12.2. The van der Waals surface area contributed by atoms with E-state index in [9.17, 15) is 9.59 Å². The molecule has 2 aliphatic heterocycles. The highest BCUT2D eigenvalue weighted by molar-refractivity contribution is 5.89. The SMILES string of the molecule is CNC(=O)c1noc(CN2CCC3(CCC(=O)N(CCCOC)C3)CC2)n1. The number of aromatic nitrogens is 2. The topological polar surface area (TPSA) is 101 Å². The summed E-state index contributed by atoms with van der Waals surface area (Å²) in [5, 5.41) is 6.20. The van der Waals surface area contributed by atoms with Crippen molar-refractivity contribution in [2.24, 2.45) is 5.41 Å². The summed E-state index contributed by atoms with van der Waals surface area (Å²) in [6.07, 6.45) is 4.61. The van der Waals surface area contributed by atoms with Gasteiger partial charge in [0.1, 0.15) is 0 Å². The molecule has 0 aromatic carbocycles. The molecule has 3 heterocycles. The van der Waals surface area contributed by atoms with Crippen LogP contribution in [0.4, 0.5) is 0 Å². The van der Waals surface area contributed by atoms with Gasteiger partial charge in [-0.05, 0) is 44.2 Å². The van der Waals surface area contributed by atoms with Gasteiger partial charge in [-0.2, -0.15) is 4.98 Å². The average molecular weight is 379 g/mol. The molecule has 0 radical (unpaired) electrons. The van der Waals surface area contributed by atoms with Crippen LogP contribution in [0.1, 0.15) is 48.6 Å². The summed E-state index contributed by atoms with van der Waals surface area (Å²) < 4.78 is 10.3. The summed E-state index contributed by atoms with van der Waals surface area (Å²) in [7, 11) is 3.23. The van der Waals surface area contributed by atoms with E-state index in [-0.39, 0.29) is 23.1 Å². The highest BCUT2D eigenvalue weighted by Crippen LogP contribution is 2.40. The summed E-state index contributed by atoms with van der Waals surface area (Å²) >= 11 is 0. The van der Waals surface area contributed by atoms with E-state index in [4.69, 9.17) is 9.26 Å². The summed E-state index contributed by atoms with van der Waals surface area (Å²) in [5.74, 6) is 0.456. The molecule has 150 valence electrons. The minimum atomic E-state index is -0.344. The Balaban J connectivity index is 1.51. The molecule has 0 saturated carbocycles. The molecule has 0 bridgehead atoms. The fraction of sp³-hybridized carbons (Fsp3) is 0.778. The fourth-order valence-electron chi connectivity index (χ4n) is 4.01. The van der Waals surface area contributed by atoms with Crippen molar-refractivity contribution in [3.8, 4) is 0 Å². The minimum absolute atomic E-state index is 0.0680. The molecule has 0 atom stereocenters. The highest BCUT2D eigenvalue weighted by atomic mass is 16.5. The van der Waals surface area contributed by atoms with Crippen LogP contribution in [0.25, 0.3) is 0 Å². The lowest BCUT2D eigenvalue weighted by Gasteiger charge is -2.47. The lowest BCUT2D eigenvalue weighted by atomic mass is 9.72. The second-order valence-corrected chi connectivity index (χ2v) is 7.53. The minimum Gasteiger partial charge on any atom is -0.385 e. The Bertz CT molecular complexity index is 654. The maximum absolute atomic E-state index is 12.2. The van der Waals surface area contributed by atoms with E-state index in [0.29, 0.717) is 25.5 Å². The Kier molecular flexibility index (Phi) is 6.43. The Hall–Kier alpha value is -2.00. The number of methoxy groups -OCH3 is 1. The van der Waals surface area contributed by atoms with Crippen molar-refractivity contribution in [2.75, 3.05) is 46.9 Å². The molecule has 9 heteroatoms. The van der Waals surface area contributed by atoms with Gasteiger partial charge in [0, 0.05) is 40.3 Å². The quantitative estimate of drug-likeness (QED) is 0.695. The van der Waals surface area contributed by atoms with Crippen LogP contribution in [0.15, 0.2) is 4.52 Å². The zero-order valence-electron chi connectivity index (χ0n) is 16.2. The molecule has 27 heavy (non-hydrogen) atoms. The molecule has 1 N–H and O–H groups in total. The summed E-state index contributed by atoms with van der Waals surface area (Å²) in [5.41, 5.74) is 0.222. The van der Waals surface area contributed by atoms with Gasteiger partial charge in [0.25, 0.3) is 11.7 Å². The number of piperidine rings is 2. The Morgan fingerprint density at radius 2 is 2.11 bits per heavy atom. The second kappa shape index (κ2) is 8.79. The molecule has 2 saturated heterocycles. The van der Waals surface area contributed by atoms with E-state index < -0.39 is 0 Å². The van der Waals surface area contributed by atoms with Crippen LogP contribution in [0.5, 0.6) is 0 Å². The molecule has 2 fully saturated rings. The predicted molar refractivity (Wildman–Crippen MR) is 96.9 cm³/mol. The fourth-order valence-corrected chi connectivity index (χ4v) is 4.01. The van der Waals surface area contributed by atoms with Gasteiger partial charge in [-0.25, -0.2) is 0 Å². The van der Waals surface area contributed by atoms with Crippen molar-refractivity contribution < 1.29 is 18.8 Å². The van der Waals surface area contributed by atoms with E-state index in [0.717, 1.165) is 51.9 Å². The molecule has 1 spiro atoms.